The third-order valence-electron chi connectivity index (χ3n) is 1.79. The Morgan fingerprint density at radius 3 is 2.85 bits per heavy atom. The van der Waals surface area contributed by atoms with Gasteiger partial charge in [0, 0.05) is 9.61 Å². The first-order valence-corrected chi connectivity index (χ1v) is 5.04. The van der Waals surface area contributed by atoms with Crippen molar-refractivity contribution in [1.29, 1.82) is 0 Å². The largest absolute Gasteiger partial charge is 0.324 e. The molecule has 0 aliphatic rings. The first kappa shape index (κ1) is 10.7. The molecule has 1 atom stereocenters. The van der Waals surface area contributed by atoms with E-state index in [9.17, 15) is 4.39 Å². The first-order chi connectivity index (χ1) is 6.15. The van der Waals surface area contributed by atoms with Crippen molar-refractivity contribution in [2.45, 2.75) is 12.5 Å². The second-order valence-electron chi connectivity index (χ2n) is 2.80. The van der Waals surface area contributed by atoms with Gasteiger partial charge in [-0.05, 0) is 46.7 Å². The Kier molecular flexibility index (Phi) is 3.87. The lowest BCUT2D eigenvalue weighted by molar-refractivity contribution is 0.617. The number of halogens is 2. The van der Waals surface area contributed by atoms with Gasteiger partial charge >= 0.3 is 0 Å². The van der Waals surface area contributed by atoms with Crippen LogP contribution in [0.2, 0.25) is 0 Å². The van der Waals surface area contributed by atoms with E-state index < -0.39 is 0 Å². The molecule has 0 fully saturated rings. The van der Waals surface area contributed by atoms with Crippen LogP contribution in [-0.2, 0) is 0 Å². The maximum Gasteiger partial charge on any atom is 0.136 e. The van der Waals surface area contributed by atoms with Crippen molar-refractivity contribution in [2.75, 3.05) is 0 Å². The summed E-state index contributed by atoms with van der Waals surface area (Å²) in [6, 6.07) is 4.85. The molecular formula is C10H11FIN. The van der Waals surface area contributed by atoms with Crippen LogP contribution in [0.1, 0.15) is 18.0 Å². The smallest absolute Gasteiger partial charge is 0.136 e. The van der Waals surface area contributed by atoms with Crippen LogP contribution >= 0.6 is 22.6 Å². The molecule has 0 saturated carbocycles. The van der Waals surface area contributed by atoms with E-state index in [1.54, 1.807) is 18.2 Å². The van der Waals surface area contributed by atoms with Crippen LogP contribution in [0.15, 0.2) is 30.9 Å². The van der Waals surface area contributed by atoms with Crippen LogP contribution < -0.4 is 5.73 Å². The standard InChI is InChI=1S/C10H11FIN/c1-2-3-10(13)7-4-5-8(11)9(12)6-7/h2,4-6,10H,1,3,13H2/t10-/m1/s1. The van der Waals surface area contributed by atoms with Crippen molar-refractivity contribution < 1.29 is 4.39 Å². The summed E-state index contributed by atoms with van der Waals surface area (Å²) < 4.78 is 13.5. The average molecular weight is 291 g/mol. The molecule has 1 aromatic carbocycles. The maximum atomic E-state index is 12.9. The highest BCUT2D eigenvalue weighted by molar-refractivity contribution is 14.1. The van der Waals surface area contributed by atoms with Gasteiger partial charge in [-0.3, -0.25) is 0 Å². The van der Waals surface area contributed by atoms with E-state index in [4.69, 9.17) is 5.73 Å². The van der Waals surface area contributed by atoms with Crippen LogP contribution in [0, 0.1) is 9.39 Å². The van der Waals surface area contributed by atoms with E-state index >= 15 is 0 Å². The van der Waals surface area contributed by atoms with E-state index in [0.29, 0.717) is 9.99 Å². The van der Waals surface area contributed by atoms with Gasteiger partial charge in [-0.1, -0.05) is 12.1 Å². The fraction of sp³-hybridized carbons (Fsp3) is 0.200. The van der Waals surface area contributed by atoms with Crippen molar-refractivity contribution in [3.8, 4) is 0 Å². The van der Waals surface area contributed by atoms with Gasteiger partial charge < -0.3 is 5.73 Å². The molecule has 13 heavy (non-hydrogen) atoms. The minimum Gasteiger partial charge on any atom is -0.324 e. The lowest BCUT2D eigenvalue weighted by Crippen LogP contribution is -2.09. The van der Waals surface area contributed by atoms with E-state index in [-0.39, 0.29) is 11.9 Å². The fourth-order valence-electron chi connectivity index (χ4n) is 1.06. The zero-order chi connectivity index (χ0) is 9.84. The Morgan fingerprint density at radius 2 is 2.31 bits per heavy atom. The summed E-state index contributed by atoms with van der Waals surface area (Å²) in [5.74, 6) is -0.199. The van der Waals surface area contributed by atoms with E-state index in [2.05, 4.69) is 6.58 Å². The molecule has 0 amide bonds. The monoisotopic (exact) mass is 291 g/mol. The van der Waals surface area contributed by atoms with Gasteiger partial charge in [0.15, 0.2) is 0 Å². The number of hydrogen-bond acceptors (Lipinski definition) is 1. The molecular weight excluding hydrogens is 280 g/mol. The molecule has 3 heteroatoms. The second kappa shape index (κ2) is 4.72. The predicted octanol–water partition coefficient (Wildman–Crippen LogP) is 3.01. The van der Waals surface area contributed by atoms with Crippen molar-refractivity contribution in [3.63, 3.8) is 0 Å². The van der Waals surface area contributed by atoms with Gasteiger partial charge in [-0.2, -0.15) is 0 Å². The van der Waals surface area contributed by atoms with Crippen LogP contribution in [-0.4, -0.2) is 0 Å². The highest BCUT2D eigenvalue weighted by atomic mass is 127. The fourth-order valence-corrected chi connectivity index (χ4v) is 1.60. The number of rotatable bonds is 3. The Bertz CT molecular complexity index is 312. The number of nitrogens with two attached hydrogens (primary N) is 1. The Morgan fingerprint density at radius 1 is 1.62 bits per heavy atom. The molecule has 1 rings (SSSR count). The molecule has 0 aromatic heterocycles. The normalized spacial score (nSPS) is 12.5. The summed E-state index contributed by atoms with van der Waals surface area (Å²) in [6.07, 6.45) is 2.47. The summed E-state index contributed by atoms with van der Waals surface area (Å²) in [5.41, 5.74) is 6.78. The summed E-state index contributed by atoms with van der Waals surface area (Å²) >= 11 is 1.96. The highest BCUT2D eigenvalue weighted by Crippen LogP contribution is 2.19. The first-order valence-electron chi connectivity index (χ1n) is 3.96. The van der Waals surface area contributed by atoms with Crippen LogP contribution in [0.25, 0.3) is 0 Å². The zero-order valence-electron chi connectivity index (χ0n) is 7.13. The molecule has 0 aliphatic heterocycles. The van der Waals surface area contributed by atoms with Gasteiger partial charge in [0.25, 0.3) is 0 Å². The summed E-state index contributed by atoms with van der Waals surface area (Å²) in [4.78, 5) is 0. The van der Waals surface area contributed by atoms with Crippen LogP contribution in [0.4, 0.5) is 4.39 Å². The lowest BCUT2D eigenvalue weighted by atomic mass is 10.1. The molecule has 0 spiro atoms. The van der Waals surface area contributed by atoms with Gasteiger partial charge in [0.2, 0.25) is 0 Å². The molecule has 2 N–H and O–H groups in total. The minimum atomic E-state index is -0.199. The quantitative estimate of drug-likeness (QED) is 0.672. The minimum absolute atomic E-state index is 0.0772. The highest BCUT2D eigenvalue weighted by Gasteiger charge is 2.06. The average Bonchev–Trinajstić information content (AvgIpc) is 2.10. The van der Waals surface area contributed by atoms with Crippen LogP contribution in [0.3, 0.4) is 0 Å². The lowest BCUT2D eigenvalue weighted by Gasteiger charge is -2.09. The van der Waals surface area contributed by atoms with E-state index in [0.717, 1.165) is 5.56 Å². The van der Waals surface area contributed by atoms with Gasteiger partial charge in [0.1, 0.15) is 5.82 Å². The van der Waals surface area contributed by atoms with Crippen molar-refractivity contribution in [1.82, 2.24) is 0 Å². The van der Waals surface area contributed by atoms with Gasteiger partial charge in [0.05, 0.1) is 0 Å². The Balaban J connectivity index is 2.89. The summed E-state index contributed by atoms with van der Waals surface area (Å²) in [6.45, 7) is 3.61. The van der Waals surface area contributed by atoms with E-state index in [1.807, 2.05) is 22.6 Å². The van der Waals surface area contributed by atoms with Gasteiger partial charge in [-0.15, -0.1) is 6.58 Å². The predicted molar refractivity (Wildman–Crippen MR) is 60.9 cm³/mol. The van der Waals surface area contributed by atoms with Crippen LogP contribution in [0.5, 0.6) is 0 Å². The maximum absolute atomic E-state index is 12.9. The number of benzene rings is 1. The van der Waals surface area contributed by atoms with Gasteiger partial charge in [-0.25, -0.2) is 4.39 Å². The topological polar surface area (TPSA) is 26.0 Å². The third kappa shape index (κ3) is 2.77. The molecule has 0 saturated heterocycles. The van der Waals surface area contributed by atoms with Crippen molar-refractivity contribution in [3.05, 3.63) is 45.8 Å². The molecule has 1 aromatic rings. The third-order valence-corrected chi connectivity index (χ3v) is 2.62. The second-order valence-corrected chi connectivity index (χ2v) is 3.97. The molecule has 1 nitrogen and oxygen atoms in total. The Hall–Kier alpha value is -0.420. The molecule has 0 radical (unpaired) electrons. The summed E-state index contributed by atoms with van der Waals surface area (Å²) in [7, 11) is 0. The number of hydrogen-bond donors (Lipinski definition) is 1. The van der Waals surface area contributed by atoms with Crippen molar-refractivity contribution in [2.24, 2.45) is 5.73 Å². The SMILES string of the molecule is C=CC[C@@H](N)c1ccc(F)c(I)c1. The Labute approximate surface area is 91.0 Å². The molecule has 0 heterocycles. The molecule has 70 valence electrons. The molecule has 0 bridgehead atoms. The zero-order valence-corrected chi connectivity index (χ0v) is 9.29. The van der Waals surface area contributed by atoms with Crippen molar-refractivity contribution >= 4 is 22.6 Å². The molecule has 0 unspecified atom stereocenters. The summed E-state index contributed by atoms with van der Waals surface area (Å²) in [5, 5.41) is 0. The molecule has 0 aliphatic carbocycles. The van der Waals surface area contributed by atoms with E-state index in [1.165, 1.54) is 6.07 Å².